The maximum absolute atomic E-state index is 14.9. The second-order valence-corrected chi connectivity index (χ2v) is 8.12. The Bertz CT molecular complexity index is 845. The summed E-state index contributed by atoms with van der Waals surface area (Å²) in [5, 5.41) is 8.23. The molecule has 144 valence electrons. The summed E-state index contributed by atoms with van der Waals surface area (Å²) in [6.07, 6.45) is 2.95. The van der Waals surface area contributed by atoms with Gasteiger partial charge in [0.25, 0.3) is 0 Å². The lowest BCUT2D eigenvalue weighted by Gasteiger charge is -2.32. The first-order valence-electron chi connectivity index (χ1n) is 8.52. The molecule has 3 heterocycles. The van der Waals surface area contributed by atoms with Crippen molar-refractivity contribution in [3.63, 3.8) is 0 Å². The highest BCUT2D eigenvalue weighted by molar-refractivity contribution is 7.08. The summed E-state index contributed by atoms with van der Waals surface area (Å²) in [6, 6.07) is 1.89. The van der Waals surface area contributed by atoms with Gasteiger partial charge in [-0.25, -0.2) is 4.39 Å². The van der Waals surface area contributed by atoms with Crippen LogP contribution in [0.25, 0.3) is 17.3 Å². The second kappa shape index (κ2) is 7.22. The largest absolute Gasteiger partial charge is 0.525 e. The number of methoxy groups -OCH3 is 1. The SMILES string of the molecule is COC(=O)Cn1cc(C=C(F)B2OC(C)(C)C(C)(C)O2)c(-c2ccsc2)n1. The summed E-state index contributed by atoms with van der Waals surface area (Å²) < 4.78 is 32.5. The van der Waals surface area contributed by atoms with Crippen LogP contribution in [0.4, 0.5) is 4.39 Å². The van der Waals surface area contributed by atoms with E-state index in [1.54, 1.807) is 6.20 Å². The van der Waals surface area contributed by atoms with E-state index in [2.05, 4.69) is 9.84 Å². The van der Waals surface area contributed by atoms with Crippen LogP contribution in [0.15, 0.2) is 28.7 Å². The van der Waals surface area contributed by atoms with Gasteiger partial charge in [0, 0.05) is 22.7 Å². The monoisotopic (exact) mass is 392 g/mol. The molecule has 2 aromatic heterocycles. The molecular formula is C18H22BFN2O4S. The quantitative estimate of drug-likeness (QED) is 0.573. The van der Waals surface area contributed by atoms with Gasteiger partial charge >= 0.3 is 13.1 Å². The lowest BCUT2D eigenvalue weighted by molar-refractivity contribution is -0.141. The zero-order valence-electron chi connectivity index (χ0n) is 16.0. The van der Waals surface area contributed by atoms with Gasteiger partial charge in [-0.05, 0) is 45.2 Å². The van der Waals surface area contributed by atoms with E-state index in [0.717, 1.165) is 5.56 Å². The van der Waals surface area contributed by atoms with Crippen LogP contribution in [0.5, 0.6) is 0 Å². The van der Waals surface area contributed by atoms with Gasteiger partial charge in [0.1, 0.15) is 18.0 Å². The summed E-state index contributed by atoms with van der Waals surface area (Å²) in [4.78, 5) is 11.6. The molecule has 0 amide bonds. The normalized spacial score (nSPS) is 18.7. The number of carbonyl (C=O) groups excluding carboxylic acids is 1. The van der Waals surface area contributed by atoms with Crippen LogP contribution in [0, 0.1) is 0 Å². The van der Waals surface area contributed by atoms with Crippen molar-refractivity contribution in [3.8, 4) is 11.3 Å². The first kappa shape index (κ1) is 19.8. The van der Waals surface area contributed by atoms with Gasteiger partial charge in [0.2, 0.25) is 0 Å². The van der Waals surface area contributed by atoms with Crippen molar-refractivity contribution in [1.29, 1.82) is 0 Å². The van der Waals surface area contributed by atoms with E-state index >= 15 is 0 Å². The van der Waals surface area contributed by atoms with Gasteiger partial charge in [0.15, 0.2) is 0 Å². The zero-order valence-corrected chi connectivity index (χ0v) is 16.8. The average Bonchev–Trinajstić information content (AvgIpc) is 3.27. The summed E-state index contributed by atoms with van der Waals surface area (Å²) in [7, 11) is 0.221. The van der Waals surface area contributed by atoms with Crippen molar-refractivity contribution >= 4 is 30.5 Å². The van der Waals surface area contributed by atoms with Crippen LogP contribution >= 0.6 is 11.3 Å². The average molecular weight is 392 g/mol. The van der Waals surface area contributed by atoms with Crippen molar-refractivity contribution in [3.05, 3.63) is 34.3 Å². The number of rotatable bonds is 5. The summed E-state index contributed by atoms with van der Waals surface area (Å²) in [5.41, 5.74) is 0.137. The van der Waals surface area contributed by atoms with Gasteiger partial charge in [-0.2, -0.15) is 16.4 Å². The number of ether oxygens (including phenoxy) is 1. The number of hydrogen-bond donors (Lipinski definition) is 0. The maximum Gasteiger partial charge on any atom is 0.525 e. The van der Waals surface area contributed by atoms with E-state index in [1.165, 1.54) is 29.2 Å². The predicted molar refractivity (Wildman–Crippen MR) is 103 cm³/mol. The third-order valence-electron chi connectivity index (χ3n) is 4.88. The van der Waals surface area contributed by atoms with Gasteiger partial charge in [0.05, 0.1) is 18.3 Å². The van der Waals surface area contributed by atoms with Gasteiger partial charge in [-0.1, -0.05) is 0 Å². The Hall–Kier alpha value is -1.97. The molecule has 0 aromatic carbocycles. The Morgan fingerprint density at radius 2 is 2.04 bits per heavy atom. The molecule has 3 rings (SSSR count). The molecule has 0 N–H and O–H groups in total. The molecule has 27 heavy (non-hydrogen) atoms. The molecule has 1 aliphatic rings. The first-order chi connectivity index (χ1) is 12.6. The van der Waals surface area contributed by atoms with Crippen molar-refractivity contribution < 1.29 is 23.2 Å². The molecule has 6 nitrogen and oxygen atoms in total. The number of nitrogens with zero attached hydrogens (tertiary/aromatic N) is 2. The van der Waals surface area contributed by atoms with E-state index in [1.807, 2.05) is 44.5 Å². The van der Waals surface area contributed by atoms with E-state index in [0.29, 0.717) is 11.3 Å². The molecule has 1 saturated heterocycles. The van der Waals surface area contributed by atoms with Gasteiger partial charge < -0.3 is 14.0 Å². The number of esters is 1. The van der Waals surface area contributed by atoms with Crippen LogP contribution in [-0.2, 0) is 25.4 Å². The molecule has 0 unspecified atom stereocenters. The van der Waals surface area contributed by atoms with E-state index in [9.17, 15) is 9.18 Å². The second-order valence-electron chi connectivity index (χ2n) is 7.34. The smallest absolute Gasteiger partial charge is 0.468 e. The molecule has 0 spiro atoms. The Labute approximate surface area is 162 Å². The van der Waals surface area contributed by atoms with Crippen molar-refractivity contribution in [1.82, 2.24) is 9.78 Å². The third kappa shape index (κ3) is 4.00. The highest BCUT2D eigenvalue weighted by Crippen LogP contribution is 2.39. The van der Waals surface area contributed by atoms with Crippen molar-refractivity contribution in [2.75, 3.05) is 7.11 Å². The van der Waals surface area contributed by atoms with Crippen LogP contribution in [0.2, 0.25) is 0 Å². The van der Waals surface area contributed by atoms with Crippen molar-refractivity contribution in [2.45, 2.75) is 45.4 Å². The Morgan fingerprint density at radius 3 is 2.59 bits per heavy atom. The van der Waals surface area contributed by atoms with E-state index in [4.69, 9.17) is 9.31 Å². The number of aromatic nitrogens is 2. The first-order valence-corrected chi connectivity index (χ1v) is 9.47. The highest BCUT2D eigenvalue weighted by Gasteiger charge is 2.53. The lowest BCUT2D eigenvalue weighted by atomic mass is 9.86. The molecule has 0 radical (unpaired) electrons. The van der Waals surface area contributed by atoms with E-state index in [-0.39, 0.29) is 6.54 Å². The summed E-state index contributed by atoms with van der Waals surface area (Å²) in [6.45, 7) is 7.41. The highest BCUT2D eigenvalue weighted by atomic mass is 32.1. The van der Waals surface area contributed by atoms with E-state index < -0.39 is 30.0 Å². The number of carbonyl (C=O) groups is 1. The summed E-state index contributed by atoms with van der Waals surface area (Å²) >= 11 is 1.51. The lowest BCUT2D eigenvalue weighted by Crippen LogP contribution is -2.41. The fourth-order valence-corrected chi connectivity index (χ4v) is 3.26. The van der Waals surface area contributed by atoms with Crippen LogP contribution in [-0.4, -0.2) is 41.2 Å². The minimum absolute atomic E-state index is 0.0560. The molecule has 1 fully saturated rings. The number of hydrogen-bond acceptors (Lipinski definition) is 6. The molecule has 1 aliphatic heterocycles. The fraction of sp³-hybridized carbons (Fsp3) is 0.444. The summed E-state index contributed by atoms with van der Waals surface area (Å²) in [5.74, 6) is -0.434. The maximum atomic E-state index is 14.9. The predicted octanol–water partition coefficient (Wildman–Crippen LogP) is 3.73. The fourth-order valence-electron chi connectivity index (χ4n) is 2.62. The molecule has 9 heteroatoms. The van der Waals surface area contributed by atoms with Crippen LogP contribution < -0.4 is 0 Å². The third-order valence-corrected chi connectivity index (χ3v) is 5.56. The van der Waals surface area contributed by atoms with Gasteiger partial charge in [-0.3, -0.25) is 9.48 Å². The Morgan fingerprint density at radius 1 is 1.37 bits per heavy atom. The Kier molecular flexibility index (Phi) is 5.29. The minimum Gasteiger partial charge on any atom is -0.468 e. The molecule has 0 saturated carbocycles. The number of halogens is 1. The molecule has 0 aliphatic carbocycles. The van der Waals surface area contributed by atoms with Crippen LogP contribution in [0.3, 0.4) is 0 Å². The van der Waals surface area contributed by atoms with Gasteiger partial charge in [-0.15, -0.1) is 0 Å². The molecule has 0 bridgehead atoms. The molecule has 0 atom stereocenters. The topological polar surface area (TPSA) is 62.6 Å². The Balaban J connectivity index is 1.93. The van der Waals surface area contributed by atoms with Crippen LogP contribution in [0.1, 0.15) is 33.3 Å². The molecular weight excluding hydrogens is 370 g/mol. The zero-order chi connectivity index (χ0) is 19.8. The number of thiophene rings is 1. The molecule has 2 aromatic rings. The minimum atomic E-state index is -1.09. The van der Waals surface area contributed by atoms with Crippen molar-refractivity contribution in [2.24, 2.45) is 0 Å². The standard InChI is InChI=1S/C18H22BFN2O4S/c1-17(2)18(3,4)26-19(25-17)14(20)8-13-9-22(10-15(23)24-5)21-16(13)12-6-7-27-11-12/h6-9,11H,10H2,1-5H3.